The fourth-order valence-corrected chi connectivity index (χ4v) is 4.57. The molecule has 1 saturated carbocycles. The van der Waals surface area contributed by atoms with Crippen LogP contribution in [0.5, 0.6) is 0 Å². The van der Waals surface area contributed by atoms with E-state index in [9.17, 15) is 9.59 Å². The summed E-state index contributed by atoms with van der Waals surface area (Å²) in [5.74, 6) is -0.00279. The molecule has 0 bridgehead atoms. The van der Waals surface area contributed by atoms with Crippen molar-refractivity contribution in [1.82, 2.24) is 10.2 Å². The van der Waals surface area contributed by atoms with Gasteiger partial charge >= 0.3 is 0 Å². The Morgan fingerprint density at radius 3 is 2.58 bits per heavy atom. The van der Waals surface area contributed by atoms with E-state index < -0.39 is 0 Å². The molecular weight excluding hydrogens is 308 g/mol. The lowest BCUT2D eigenvalue weighted by molar-refractivity contribution is -0.134. The third-order valence-corrected chi connectivity index (χ3v) is 6.03. The summed E-state index contributed by atoms with van der Waals surface area (Å²) in [5, 5.41) is 3.27. The van der Waals surface area contributed by atoms with Crippen molar-refractivity contribution in [3.63, 3.8) is 0 Å². The molecule has 2 saturated heterocycles. The van der Waals surface area contributed by atoms with Crippen molar-refractivity contribution in [3.05, 3.63) is 0 Å². The van der Waals surface area contributed by atoms with Gasteiger partial charge in [0.2, 0.25) is 11.8 Å². The molecule has 0 aromatic rings. The first-order valence-corrected chi connectivity index (χ1v) is 9.29. The summed E-state index contributed by atoms with van der Waals surface area (Å²) in [6.07, 6.45) is 7.55. The molecule has 1 atom stereocenters. The van der Waals surface area contributed by atoms with E-state index in [0.29, 0.717) is 32.3 Å². The van der Waals surface area contributed by atoms with Crippen LogP contribution in [0.4, 0.5) is 0 Å². The van der Waals surface area contributed by atoms with E-state index in [4.69, 9.17) is 9.47 Å². The van der Waals surface area contributed by atoms with Crippen molar-refractivity contribution in [2.45, 2.75) is 51.0 Å². The Morgan fingerprint density at radius 1 is 1.21 bits per heavy atom. The average Bonchev–Trinajstić information content (AvgIpc) is 2.96. The molecule has 1 N–H and O–H groups in total. The summed E-state index contributed by atoms with van der Waals surface area (Å²) < 4.78 is 10.5. The summed E-state index contributed by atoms with van der Waals surface area (Å²) in [6, 6.07) is 0.312. The molecule has 3 rings (SSSR count). The molecule has 1 aliphatic carbocycles. The minimum atomic E-state index is -0.125. The second-order valence-corrected chi connectivity index (χ2v) is 7.58. The molecule has 1 unspecified atom stereocenters. The number of hydrogen-bond donors (Lipinski definition) is 1. The lowest BCUT2D eigenvalue weighted by Gasteiger charge is -2.37. The first kappa shape index (κ1) is 17.7. The Bertz CT molecular complexity index is 456. The van der Waals surface area contributed by atoms with Gasteiger partial charge in [-0.3, -0.25) is 9.59 Å². The molecule has 0 aromatic heterocycles. The summed E-state index contributed by atoms with van der Waals surface area (Å²) in [5.41, 5.74) is -0.125. The number of amides is 2. The van der Waals surface area contributed by atoms with Crippen molar-refractivity contribution in [3.8, 4) is 0 Å². The smallest absolute Gasteiger partial charge is 0.248 e. The number of carbonyl (C=O) groups excluding carboxylic acids is 2. The van der Waals surface area contributed by atoms with Crippen molar-refractivity contribution in [2.24, 2.45) is 11.3 Å². The minimum Gasteiger partial charge on any atom is -0.381 e. The highest BCUT2D eigenvalue weighted by atomic mass is 16.5. The highest BCUT2D eigenvalue weighted by Crippen LogP contribution is 2.44. The summed E-state index contributed by atoms with van der Waals surface area (Å²) in [4.78, 5) is 27.1. The monoisotopic (exact) mass is 338 g/mol. The molecule has 1 spiro atoms. The molecular formula is C18H30N2O4. The maximum Gasteiger partial charge on any atom is 0.248 e. The van der Waals surface area contributed by atoms with Crippen LogP contribution in [0.1, 0.15) is 44.9 Å². The summed E-state index contributed by atoms with van der Waals surface area (Å²) in [6.45, 7) is 2.62. The Labute approximate surface area is 144 Å². The number of ether oxygens (including phenoxy) is 2. The Kier molecular flexibility index (Phi) is 5.76. The minimum absolute atomic E-state index is 0.0173. The molecule has 0 radical (unpaired) electrons. The Hall–Kier alpha value is -1.14. The van der Waals surface area contributed by atoms with Gasteiger partial charge in [-0.25, -0.2) is 0 Å². The standard InChI is InChI=1S/C18H30N2O4/c1-23-12-16(21)20-11-15(18(13-20)7-9-24-10-8-18)17(22)19-14-5-3-2-4-6-14/h14-15H,2-13H2,1H3,(H,19,22). The second kappa shape index (κ2) is 7.83. The molecule has 3 aliphatic rings. The van der Waals surface area contributed by atoms with Crippen LogP contribution in [0.25, 0.3) is 0 Å². The number of methoxy groups -OCH3 is 1. The fourth-order valence-electron chi connectivity index (χ4n) is 4.57. The lowest BCUT2D eigenvalue weighted by atomic mass is 9.71. The average molecular weight is 338 g/mol. The van der Waals surface area contributed by atoms with Crippen LogP contribution in [0.15, 0.2) is 0 Å². The predicted molar refractivity (Wildman–Crippen MR) is 89.4 cm³/mol. The molecule has 136 valence electrons. The third kappa shape index (κ3) is 3.75. The zero-order valence-corrected chi connectivity index (χ0v) is 14.7. The topological polar surface area (TPSA) is 67.9 Å². The van der Waals surface area contributed by atoms with Crippen molar-refractivity contribution in [2.75, 3.05) is 40.0 Å². The largest absolute Gasteiger partial charge is 0.381 e. The fraction of sp³-hybridized carbons (Fsp3) is 0.889. The Morgan fingerprint density at radius 2 is 1.92 bits per heavy atom. The highest BCUT2D eigenvalue weighted by Gasteiger charge is 2.51. The predicted octanol–water partition coefficient (Wildman–Crippen LogP) is 1.34. The molecule has 6 nitrogen and oxygen atoms in total. The van der Waals surface area contributed by atoms with Gasteiger partial charge in [0.1, 0.15) is 6.61 Å². The number of hydrogen-bond acceptors (Lipinski definition) is 4. The molecule has 2 heterocycles. The van der Waals surface area contributed by atoms with Crippen LogP contribution in [-0.2, 0) is 19.1 Å². The number of carbonyl (C=O) groups is 2. The van der Waals surface area contributed by atoms with E-state index in [-0.39, 0.29) is 29.8 Å². The van der Waals surface area contributed by atoms with Gasteiger partial charge < -0.3 is 19.7 Å². The summed E-state index contributed by atoms with van der Waals surface area (Å²) in [7, 11) is 1.53. The van der Waals surface area contributed by atoms with Gasteiger partial charge in [-0.15, -0.1) is 0 Å². The molecule has 2 amide bonds. The number of likely N-dealkylation sites (tertiary alicyclic amines) is 1. The zero-order valence-electron chi connectivity index (χ0n) is 14.7. The van der Waals surface area contributed by atoms with E-state index >= 15 is 0 Å². The molecule has 24 heavy (non-hydrogen) atoms. The lowest BCUT2D eigenvalue weighted by Crippen LogP contribution is -2.47. The van der Waals surface area contributed by atoms with Gasteiger partial charge in [0, 0.05) is 44.9 Å². The van der Waals surface area contributed by atoms with Gasteiger partial charge in [0.15, 0.2) is 0 Å². The number of nitrogens with zero attached hydrogens (tertiary/aromatic N) is 1. The maximum absolute atomic E-state index is 13.0. The van der Waals surface area contributed by atoms with E-state index in [1.165, 1.54) is 26.4 Å². The van der Waals surface area contributed by atoms with E-state index in [1.54, 1.807) is 0 Å². The third-order valence-electron chi connectivity index (χ3n) is 6.03. The first-order chi connectivity index (χ1) is 11.6. The van der Waals surface area contributed by atoms with Gasteiger partial charge in [-0.05, 0) is 25.7 Å². The summed E-state index contributed by atoms with van der Waals surface area (Å²) >= 11 is 0. The molecule has 3 fully saturated rings. The molecule has 0 aromatic carbocycles. The number of rotatable bonds is 4. The first-order valence-electron chi connectivity index (χ1n) is 9.29. The molecule has 6 heteroatoms. The maximum atomic E-state index is 13.0. The van der Waals surface area contributed by atoms with Gasteiger partial charge in [-0.1, -0.05) is 19.3 Å². The van der Waals surface area contributed by atoms with Crippen LogP contribution in [0.2, 0.25) is 0 Å². The van der Waals surface area contributed by atoms with Crippen molar-refractivity contribution < 1.29 is 19.1 Å². The van der Waals surface area contributed by atoms with Crippen molar-refractivity contribution in [1.29, 1.82) is 0 Å². The second-order valence-electron chi connectivity index (χ2n) is 7.58. The Balaban J connectivity index is 1.69. The number of nitrogens with one attached hydrogen (secondary N) is 1. The zero-order chi connectivity index (χ0) is 17.0. The normalized spacial score (nSPS) is 27.4. The molecule has 2 aliphatic heterocycles. The SMILES string of the molecule is COCC(=O)N1CC(C(=O)NC2CCCCC2)C2(CCOCC2)C1. The van der Waals surface area contributed by atoms with Crippen LogP contribution in [0.3, 0.4) is 0 Å². The van der Waals surface area contributed by atoms with E-state index in [1.807, 2.05) is 4.90 Å². The van der Waals surface area contributed by atoms with Crippen molar-refractivity contribution >= 4 is 11.8 Å². The van der Waals surface area contributed by atoms with Crippen LogP contribution < -0.4 is 5.32 Å². The van der Waals surface area contributed by atoms with Crippen LogP contribution >= 0.6 is 0 Å². The quantitative estimate of drug-likeness (QED) is 0.840. The van der Waals surface area contributed by atoms with Gasteiger partial charge in [0.25, 0.3) is 0 Å². The van der Waals surface area contributed by atoms with Gasteiger partial charge in [-0.2, -0.15) is 0 Å². The van der Waals surface area contributed by atoms with Crippen LogP contribution in [0, 0.1) is 11.3 Å². The van der Waals surface area contributed by atoms with E-state index in [2.05, 4.69) is 5.32 Å². The van der Waals surface area contributed by atoms with E-state index in [0.717, 1.165) is 25.7 Å². The van der Waals surface area contributed by atoms with Crippen LogP contribution in [-0.4, -0.2) is 62.8 Å². The highest BCUT2D eigenvalue weighted by molar-refractivity contribution is 5.83. The van der Waals surface area contributed by atoms with Gasteiger partial charge in [0.05, 0.1) is 5.92 Å².